The molecule has 0 saturated carbocycles. The van der Waals surface area contributed by atoms with Gasteiger partial charge in [0, 0.05) is 0 Å². The van der Waals surface area contributed by atoms with E-state index in [0.29, 0.717) is 13.2 Å². The van der Waals surface area contributed by atoms with Gasteiger partial charge >= 0.3 is 0 Å². The van der Waals surface area contributed by atoms with E-state index >= 15 is 0 Å². The maximum absolute atomic E-state index is 9.70. The molecule has 230 valence electrons. The van der Waals surface area contributed by atoms with Gasteiger partial charge in [-0.1, -0.05) is 133 Å². The van der Waals surface area contributed by atoms with Crippen LogP contribution in [0.2, 0.25) is 0 Å². The second-order valence-electron chi connectivity index (χ2n) is 10.2. The van der Waals surface area contributed by atoms with Crippen LogP contribution in [0.1, 0.15) is 22.3 Å². The summed E-state index contributed by atoms with van der Waals surface area (Å²) in [6, 6.07) is 39.6. The fraction of sp³-hybridized carbons (Fsp3) is 0.270. The van der Waals surface area contributed by atoms with Crippen molar-refractivity contribution in [1.29, 1.82) is 0 Å². The first-order valence-corrected chi connectivity index (χ1v) is 14.7. The zero-order valence-electron chi connectivity index (χ0n) is 24.9. The molecule has 0 unspecified atom stereocenters. The molecule has 7 heteroatoms. The Hall–Kier alpha value is -4.11. The third kappa shape index (κ3) is 11.2. The van der Waals surface area contributed by atoms with Gasteiger partial charge in [0.1, 0.15) is 24.4 Å². The van der Waals surface area contributed by atoms with Crippen LogP contribution in [0, 0.1) is 0 Å². The van der Waals surface area contributed by atoms with Crippen molar-refractivity contribution >= 4 is 6.21 Å². The molecule has 4 aromatic carbocycles. The van der Waals surface area contributed by atoms with Gasteiger partial charge in [-0.25, -0.2) is 0 Å². The normalized spacial score (nSPS) is 14.2. The molecule has 0 aromatic heterocycles. The molecular weight excluding hydrogens is 554 g/mol. The number of nitrogens with zero attached hydrogens (tertiary/aromatic N) is 1. The SMILES string of the molecule is C=CCO[C@@H]([C@H](OCc1ccccc1)[C@H](/C=N/O)OCc1ccccc1)[C@@H](COCc1ccccc1)OCc1ccccc1. The Labute approximate surface area is 260 Å². The van der Waals surface area contributed by atoms with Gasteiger partial charge in [-0.05, 0) is 22.3 Å². The third-order valence-electron chi connectivity index (χ3n) is 6.91. The monoisotopic (exact) mass is 595 g/mol. The summed E-state index contributed by atoms with van der Waals surface area (Å²) in [5.74, 6) is 0. The van der Waals surface area contributed by atoms with Crippen molar-refractivity contribution in [2.24, 2.45) is 5.16 Å². The Morgan fingerprint density at radius 3 is 1.50 bits per heavy atom. The molecule has 0 fully saturated rings. The van der Waals surface area contributed by atoms with Crippen molar-refractivity contribution in [3.63, 3.8) is 0 Å². The molecule has 44 heavy (non-hydrogen) atoms. The molecule has 0 saturated heterocycles. The predicted molar refractivity (Wildman–Crippen MR) is 171 cm³/mol. The van der Waals surface area contributed by atoms with E-state index in [9.17, 15) is 5.21 Å². The van der Waals surface area contributed by atoms with Crippen LogP contribution < -0.4 is 0 Å². The number of hydrogen-bond donors (Lipinski definition) is 1. The van der Waals surface area contributed by atoms with Gasteiger partial charge in [0.25, 0.3) is 0 Å². The van der Waals surface area contributed by atoms with Crippen LogP contribution in [0.5, 0.6) is 0 Å². The molecule has 0 radical (unpaired) electrons. The summed E-state index contributed by atoms with van der Waals surface area (Å²) in [5.41, 5.74) is 4.01. The molecule has 0 heterocycles. The first-order chi connectivity index (χ1) is 21.8. The van der Waals surface area contributed by atoms with E-state index in [1.807, 2.05) is 121 Å². The highest BCUT2D eigenvalue weighted by Crippen LogP contribution is 2.22. The second-order valence-corrected chi connectivity index (χ2v) is 10.2. The summed E-state index contributed by atoms with van der Waals surface area (Å²) in [7, 11) is 0. The summed E-state index contributed by atoms with van der Waals surface area (Å²) in [6.07, 6.45) is 0.235. The van der Waals surface area contributed by atoms with Crippen molar-refractivity contribution in [3.05, 3.63) is 156 Å². The molecule has 7 nitrogen and oxygen atoms in total. The number of rotatable bonds is 20. The van der Waals surface area contributed by atoms with E-state index in [1.165, 1.54) is 6.21 Å². The average molecular weight is 596 g/mol. The van der Waals surface area contributed by atoms with Gasteiger partial charge in [-0.3, -0.25) is 0 Å². The van der Waals surface area contributed by atoms with Gasteiger partial charge in [0.15, 0.2) is 0 Å². The van der Waals surface area contributed by atoms with Crippen molar-refractivity contribution in [2.75, 3.05) is 13.2 Å². The standard InChI is InChI=1S/C37H41NO6/c1-2-23-41-37(35(43-27-32-19-11-5-12-20-32)29-40-25-30-15-7-3-8-16-30)36(44-28-33-21-13-6-14-22-33)34(24-38-39)42-26-31-17-9-4-10-18-31/h2-22,24,34-37,39H,1,23,25-29H2/b38-24+/t34-,35+,36+,37+/m0/s1. The van der Waals surface area contributed by atoms with E-state index < -0.39 is 24.4 Å². The highest BCUT2D eigenvalue weighted by atomic mass is 16.6. The van der Waals surface area contributed by atoms with E-state index in [-0.39, 0.29) is 26.4 Å². The van der Waals surface area contributed by atoms with Crippen LogP contribution in [0.25, 0.3) is 0 Å². The van der Waals surface area contributed by atoms with E-state index in [2.05, 4.69) is 11.7 Å². The van der Waals surface area contributed by atoms with E-state index in [0.717, 1.165) is 22.3 Å². The number of oxime groups is 1. The molecule has 0 amide bonds. The summed E-state index contributed by atoms with van der Waals surface area (Å²) in [6.45, 7) is 5.61. The quantitative estimate of drug-likeness (QED) is 0.0514. The van der Waals surface area contributed by atoms with E-state index in [1.54, 1.807) is 6.08 Å². The minimum absolute atomic E-state index is 0.219. The number of hydrogen-bond acceptors (Lipinski definition) is 7. The molecule has 0 bridgehead atoms. The minimum atomic E-state index is -0.782. The maximum Gasteiger partial charge on any atom is 0.125 e. The molecule has 1 N–H and O–H groups in total. The van der Waals surface area contributed by atoms with Gasteiger partial charge in [0.2, 0.25) is 0 Å². The Kier molecular flexibility index (Phi) is 14.3. The molecule has 0 spiro atoms. The van der Waals surface area contributed by atoms with Crippen LogP contribution in [0.15, 0.2) is 139 Å². The Morgan fingerprint density at radius 2 is 1.02 bits per heavy atom. The van der Waals surface area contributed by atoms with Crippen molar-refractivity contribution in [3.8, 4) is 0 Å². The highest BCUT2D eigenvalue weighted by Gasteiger charge is 2.38. The Morgan fingerprint density at radius 1 is 0.568 bits per heavy atom. The van der Waals surface area contributed by atoms with Gasteiger partial charge in [-0.2, -0.15) is 0 Å². The highest BCUT2D eigenvalue weighted by molar-refractivity contribution is 5.63. The molecule has 4 rings (SSSR count). The van der Waals surface area contributed by atoms with Crippen LogP contribution in [-0.2, 0) is 50.1 Å². The van der Waals surface area contributed by atoms with Gasteiger partial charge < -0.3 is 28.9 Å². The minimum Gasteiger partial charge on any atom is -0.411 e. The summed E-state index contributed by atoms with van der Waals surface area (Å²) in [4.78, 5) is 0. The Bertz CT molecular complexity index is 1340. The predicted octanol–water partition coefficient (Wildman–Crippen LogP) is 6.99. The zero-order valence-corrected chi connectivity index (χ0v) is 24.9. The molecule has 0 aliphatic carbocycles. The fourth-order valence-corrected chi connectivity index (χ4v) is 4.67. The van der Waals surface area contributed by atoms with Gasteiger partial charge in [0.05, 0.1) is 45.9 Å². The fourth-order valence-electron chi connectivity index (χ4n) is 4.67. The topological polar surface area (TPSA) is 78.7 Å². The lowest BCUT2D eigenvalue weighted by molar-refractivity contribution is -0.182. The van der Waals surface area contributed by atoms with Crippen LogP contribution >= 0.6 is 0 Å². The largest absolute Gasteiger partial charge is 0.411 e. The van der Waals surface area contributed by atoms with Crippen molar-refractivity contribution in [1.82, 2.24) is 0 Å². The third-order valence-corrected chi connectivity index (χ3v) is 6.91. The van der Waals surface area contributed by atoms with Crippen LogP contribution in [0.4, 0.5) is 0 Å². The molecule has 4 aromatic rings. The first-order valence-electron chi connectivity index (χ1n) is 14.7. The number of ether oxygens (including phenoxy) is 5. The first kappa shape index (κ1) is 32.8. The lowest BCUT2D eigenvalue weighted by atomic mass is 10.0. The smallest absolute Gasteiger partial charge is 0.125 e. The molecule has 4 atom stereocenters. The van der Waals surface area contributed by atoms with Crippen LogP contribution in [-0.4, -0.2) is 49.1 Å². The summed E-state index contributed by atoms with van der Waals surface area (Å²) >= 11 is 0. The molecular formula is C37H41NO6. The average Bonchev–Trinajstić information content (AvgIpc) is 3.08. The van der Waals surface area contributed by atoms with Crippen molar-refractivity contribution < 1.29 is 28.9 Å². The lowest BCUT2D eigenvalue weighted by Crippen LogP contribution is -2.51. The number of benzene rings is 4. The molecule has 0 aliphatic rings. The zero-order chi connectivity index (χ0) is 30.7. The lowest BCUT2D eigenvalue weighted by Gasteiger charge is -2.36. The second kappa shape index (κ2) is 19.2. The summed E-state index contributed by atoms with van der Waals surface area (Å²) < 4.78 is 32.0. The molecule has 0 aliphatic heterocycles. The Balaban J connectivity index is 1.63. The summed E-state index contributed by atoms with van der Waals surface area (Å²) in [5, 5.41) is 13.1. The van der Waals surface area contributed by atoms with Crippen LogP contribution in [0.3, 0.4) is 0 Å². The van der Waals surface area contributed by atoms with Crippen molar-refractivity contribution in [2.45, 2.75) is 50.8 Å². The maximum atomic E-state index is 9.70. The van der Waals surface area contributed by atoms with Gasteiger partial charge in [-0.15, -0.1) is 6.58 Å². The van der Waals surface area contributed by atoms with E-state index in [4.69, 9.17) is 23.7 Å².